The maximum atomic E-state index is 13.6. The number of piperidine rings is 1. The van der Waals surface area contributed by atoms with Crippen LogP contribution in [0.2, 0.25) is 0 Å². The van der Waals surface area contributed by atoms with Crippen LogP contribution in [0.3, 0.4) is 0 Å². The lowest BCUT2D eigenvalue weighted by molar-refractivity contribution is 0.0452. The standard InChI is InChI=1S/C30H37N5O4/c1-7-35-23-13-9-8-11-19(23)16-24(35)27-32-22-15-20(17-25(38-6)26(22)33(27)5)28(36)34-14-10-12-21(18-34)31-29(37)39-30(2,3)4/h8-9,11,13,15-17,21H,7,10,12,14,18H2,1-6H3,(H,31,37)/t21-/m1/s1. The second kappa shape index (κ2) is 10.3. The van der Waals surface area contributed by atoms with Crippen LogP contribution >= 0.6 is 0 Å². The highest BCUT2D eigenvalue weighted by molar-refractivity contribution is 6.00. The van der Waals surface area contributed by atoms with Crippen molar-refractivity contribution in [2.75, 3.05) is 20.2 Å². The Bertz CT molecular complexity index is 1540. The maximum absolute atomic E-state index is 13.6. The Morgan fingerprint density at radius 3 is 2.64 bits per heavy atom. The van der Waals surface area contributed by atoms with Gasteiger partial charge in [-0.25, -0.2) is 9.78 Å². The van der Waals surface area contributed by atoms with Crippen molar-refractivity contribution in [3.05, 3.63) is 48.0 Å². The lowest BCUT2D eigenvalue weighted by Gasteiger charge is -2.33. The van der Waals surface area contributed by atoms with E-state index in [-0.39, 0.29) is 11.9 Å². The number of methoxy groups -OCH3 is 1. The summed E-state index contributed by atoms with van der Waals surface area (Å²) in [5, 5.41) is 4.07. The number of fused-ring (bicyclic) bond motifs is 2. The molecule has 3 heterocycles. The average Bonchev–Trinajstić information content (AvgIpc) is 3.43. The highest BCUT2D eigenvalue weighted by atomic mass is 16.6. The number of alkyl carbamates (subject to hydrolysis) is 1. The molecule has 0 bridgehead atoms. The van der Waals surface area contributed by atoms with E-state index in [0.29, 0.717) is 29.9 Å². The number of imidazole rings is 1. The minimum atomic E-state index is -0.576. The molecule has 2 amide bonds. The average molecular weight is 532 g/mol. The van der Waals surface area contributed by atoms with Gasteiger partial charge in [-0.2, -0.15) is 0 Å². The Kier molecular flexibility index (Phi) is 7.01. The number of nitrogens with zero attached hydrogens (tertiary/aromatic N) is 4. The second-order valence-corrected chi connectivity index (χ2v) is 11.1. The number of amides is 2. The molecule has 1 N–H and O–H groups in total. The first-order chi connectivity index (χ1) is 18.6. The summed E-state index contributed by atoms with van der Waals surface area (Å²) in [5.74, 6) is 1.29. The number of aryl methyl sites for hydroxylation is 2. The van der Waals surface area contributed by atoms with Crippen LogP contribution < -0.4 is 10.1 Å². The molecule has 1 saturated heterocycles. The maximum Gasteiger partial charge on any atom is 0.407 e. The fourth-order valence-corrected chi connectivity index (χ4v) is 5.49. The molecule has 0 unspecified atom stereocenters. The molecule has 1 aliphatic rings. The lowest BCUT2D eigenvalue weighted by Crippen LogP contribution is -2.50. The third kappa shape index (κ3) is 5.17. The number of carbonyl (C=O) groups is 2. The van der Waals surface area contributed by atoms with E-state index < -0.39 is 11.7 Å². The predicted octanol–water partition coefficient (Wildman–Crippen LogP) is 5.35. The third-order valence-electron chi connectivity index (χ3n) is 7.19. The summed E-state index contributed by atoms with van der Waals surface area (Å²) in [6.07, 6.45) is 1.12. The van der Waals surface area contributed by atoms with E-state index in [1.807, 2.05) is 50.6 Å². The van der Waals surface area contributed by atoms with Crippen molar-refractivity contribution < 1.29 is 19.1 Å². The molecule has 9 heteroatoms. The van der Waals surface area contributed by atoms with Gasteiger partial charge in [0.1, 0.15) is 16.9 Å². The molecule has 0 radical (unpaired) electrons. The van der Waals surface area contributed by atoms with Gasteiger partial charge in [0.15, 0.2) is 5.82 Å². The first-order valence-corrected chi connectivity index (χ1v) is 13.5. The quantitative estimate of drug-likeness (QED) is 0.375. The molecule has 9 nitrogen and oxygen atoms in total. The fourth-order valence-electron chi connectivity index (χ4n) is 5.49. The summed E-state index contributed by atoms with van der Waals surface area (Å²) in [5.41, 5.74) is 3.64. The van der Waals surface area contributed by atoms with E-state index >= 15 is 0 Å². The van der Waals surface area contributed by atoms with Crippen molar-refractivity contribution in [1.82, 2.24) is 24.3 Å². The van der Waals surface area contributed by atoms with E-state index in [1.165, 1.54) is 0 Å². The SMILES string of the molecule is CCn1c(-c2nc3cc(C(=O)N4CCC[C@@H](NC(=O)OC(C)(C)C)C4)cc(OC)c3n2C)cc2ccccc21. The molecule has 2 aromatic carbocycles. The van der Waals surface area contributed by atoms with Gasteiger partial charge in [0.25, 0.3) is 5.91 Å². The predicted molar refractivity (Wildman–Crippen MR) is 152 cm³/mol. The molecule has 0 saturated carbocycles. The molecule has 1 fully saturated rings. The van der Waals surface area contributed by atoms with Crippen LogP contribution in [0.25, 0.3) is 33.5 Å². The van der Waals surface area contributed by atoms with Crippen LogP contribution in [-0.2, 0) is 18.3 Å². The molecule has 1 aliphatic heterocycles. The highest BCUT2D eigenvalue weighted by Crippen LogP contribution is 2.34. The highest BCUT2D eigenvalue weighted by Gasteiger charge is 2.28. The monoisotopic (exact) mass is 531 g/mol. The van der Waals surface area contributed by atoms with E-state index in [4.69, 9.17) is 14.5 Å². The normalized spacial score (nSPS) is 16.1. The van der Waals surface area contributed by atoms with Gasteiger partial charge in [0.2, 0.25) is 0 Å². The van der Waals surface area contributed by atoms with E-state index in [0.717, 1.165) is 47.3 Å². The van der Waals surface area contributed by atoms with E-state index in [9.17, 15) is 9.59 Å². The fraction of sp³-hybridized carbons (Fsp3) is 0.433. The summed E-state index contributed by atoms with van der Waals surface area (Å²) in [6, 6.07) is 13.9. The van der Waals surface area contributed by atoms with Crippen LogP contribution in [0.4, 0.5) is 4.79 Å². The Balaban J connectivity index is 1.46. The number of hydrogen-bond donors (Lipinski definition) is 1. The van der Waals surface area contributed by atoms with E-state index in [2.05, 4.69) is 35.0 Å². The van der Waals surface area contributed by atoms with Gasteiger partial charge in [-0.1, -0.05) is 18.2 Å². The van der Waals surface area contributed by atoms with E-state index in [1.54, 1.807) is 18.1 Å². The van der Waals surface area contributed by atoms with Crippen molar-refractivity contribution >= 4 is 33.9 Å². The molecule has 0 spiro atoms. The van der Waals surface area contributed by atoms with Gasteiger partial charge < -0.3 is 28.8 Å². The van der Waals surface area contributed by atoms with Gasteiger partial charge in [-0.15, -0.1) is 0 Å². The van der Waals surface area contributed by atoms with Crippen molar-refractivity contribution in [2.24, 2.45) is 7.05 Å². The molecular weight excluding hydrogens is 494 g/mol. The Morgan fingerprint density at radius 2 is 1.92 bits per heavy atom. The molecule has 4 aromatic rings. The van der Waals surface area contributed by atoms with Gasteiger partial charge >= 0.3 is 6.09 Å². The number of likely N-dealkylation sites (tertiary alicyclic amines) is 1. The molecule has 39 heavy (non-hydrogen) atoms. The lowest BCUT2D eigenvalue weighted by atomic mass is 10.0. The minimum absolute atomic E-state index is 0.110. The summed E-state index contributed by atoms with van der Waals surface area (Å²) in [7, 11) is 3.59. The summed E-state index contributed by atoms with van der Waals surface area (Å²) in [6.45, 7) is 9.46. The summed E-state index contributed by atoms with van der Waals surface area (Å²) in [4.78, 5) is 32.7. The minimum Gasteiger partial charge on any atom is -0.494 e. The van der Waals surface area contributed by atoms with Gasteiger partial charge in [0.05, 0.1) is 18.3 Å². The van der Waals surface area contributed by atoms with Crippen LogP contribution in [0, 0.1) is 0 Å². The number of hydrogen-bond acceptors (Lipinski definition) is 5. The summed E-state index contributed by atoms with van der Waals surface area (Å²) >= 11 is 0. The zero-order valence-corrected chi connectivity index (χ0v) is 23.6. The number of ether oxygens (including phenoxy) is 2. The smallest absolute Gasteiger partial charge is 0.407 e. The molecular formula is C30H37N5O4. The molecule has 2 aromatic heterocycles. The van der Waals surface area contributed by atoms with Crippen LogP contribution in [-0.4, -0.2) is 62.9 Å². The zero-order valence-electron chi connectivity index (χ0n) is 23.6. The number of aromatic nitrogens is 3. The van der Waals surface area contributed by atoms with Crippen LogP contribution in [0.1, 0.15) is 50.9 Å². The first-order valence-electron chi connectivity index (χ1n) is 13.5. The zero-order chi connectivity index (χ0) is 27.9. The van der Waals surface area contributed by atoms with Gasteiger partial charge in [0, 0.05) is 49.2 Å². The molecule has 0 aliphatic carbocycles. The molecule has 206 valence electrons. The van der Waals surface area contributed by atoms with Gasteiger partial charge in [-0.05, 0) is 64.8 Å². The third-order valence-corrected chi connectivity index (χ3v) is 7.19. The number of carbonyl (C=O) groups excluding carboxylic acids is 2. The van der Waals surface area contributed by atoms with Crippen molar-refractivity contribution in [2.45, 2.75) is 58.7 Å². The Morgan fingerprint density at radius 1 is 1.15 bits per heavy atom. The van der Waals surface area contributed by atoms with Gasteiger partial charge in [-0.3, -0.25) is 4.79 Å². The number of para-hydroxylation sites is 1. The Hall–Kier alpha value is -4.01. The largest absolute Gasteiger partial charge is 0.494 e. The number of nitrogens with one attached hydrogen (secondary N) is 1. The Labute approximate surface area is 228 Å². The second-order valence-electron chi connectivity index (χ2n) is 11.1. The summed E-state index contributed by atoms with van der Waals surface area (Å²) < 4.78 is 15.4. The van der Waals surface area contributed by atoms with Crippen molar-refractivity contribution in [1.29, 1.82) is 0 Å². The number of benzene rings is 2. The molecule has 5 rings (SSSR count). The van der Waals surface area contributed by atoms with Crippen molar-refractivity contribution in [3.63, 3.8) is 0 Å². The van der Waals surface area contributed by atoms with Crippen molar-refractivity contribution in [3.8, 4) is 17.3 Å². The van der Waals surface area contributed by atoms with Crippen LogP contribution in [0.5, 0.6) is 5.75 Å². The number of rotatable bonds is 5. The molecule has 1 atom stereocenters. The topological polar surface area (TPSA) is 90.6 Å². The van der Waals surface area contributed by atoms with Crippen LogP contribution in [0.15, 0.2) is 42.5 Å². The first kappa shape index (κ1) is 26.6.